The zero-order valence-electron chi connectivity index (χ0n) is 10.1. The van der Waals surface area contributed by atoms with E-state index in [4.69, 9.17) is 4.74 Å². The second-order valence-corrected chi connectivity index (χ2v) is 4.58. The molecular formula is C13H15FO3S. The molecule has 0 fully saturated rings. The van der Waals surface area contributed by atoms with Crippen molar-refractivity contribution in [3.63, 3.8) is 0 Å². The quantitative estimate of drug-likeness (QED) is 0.564. The number of esters is 1. The summed E-state index contributed by atoms with van der Waals surface area (Å²) in [6.07, 6.45) is 0.227. The van der Waals surface area contributed by atoms with E-state index in [1.807, 2.05) is 0 Å². The second-order valence-electron chi connectivity index (χ2n) is 3.56. The fourth-order valence-electron chi connectivity index (χ4n) is 1.27. The largest absolute Gasteiger partial charge is 0.466 e. The molecule has 3 nitrogen and oxygen atoms in total. The molecule has 0 aliphatic carbocycles. The molecule has 1 aromatic carbocycles. The summed E-state index contributed by atoms with van der Waals surface area (Å²) < 4.78 is 18.0. The SMILES string of the molecule is CCOC(=O)CCC(=O)CSc1ccccc1F. The van der Waals surface area contributed by atoms with Crippen LogP contribution in [0.4, 0.5) is 4.39 Å². The van der Waals surface area contributed by atoms with Gasteiger partial charge in [0.15, 0.2) is 0 Å². The van der Waals surface area contributed by atoms with E-state index < -0.39 is 0 Å². The number of carbonyl (C=O) groups excluding carboxylic acids is 2. The Morgan fingerprint density at radius 2 is 2.00 bits per heavy atom. The molecule has 0 aromatic heterocycles. The molecule has 0 aliphatic rings. The highest BCUT2D eigenvalue weighted by Gasteiger charge is 2.09. The van der Waals surface area contributed by atoms with E-state index in [-0.39, 0.29) is 36.2 Å². The van der Waals surface area contributed by atoms with Gasteiger partial charge in [-0.3, -0.25) is 9.59 Å². The van der Waals surface area contributed by atoms with Crippen molar-refractivity contribution in [3.05, 3.63) is 30.1 Å². The van der Waals surface area contributed by atoms with Crippen LogP contribution >= 0.6 is 11.8 Å². The molecule has 0 radical (unpaired) electrons. The van der Waals surface area contributed by atoms with Crippen molar-refractivity contribution in [2.45, 2.75) is 24.7 Å². The summed E-state index contributed by atoms with van der Waals surface area (Å²) in [6, 6.07) is 6.29. The molecule has 0 heterocycles. The van der Waals surface area contributed by atoms with E-state index in [0.29, 0.717) is 11.5 Å². The second kappa shape index (κ2) is 7.87. The van der Waals surface area contributed by atoms with Crippen molar-refractivity contribution >= 4 is 23.5 Å². The number of hydrogen-bond donors (Lipinski definition) is 0. The molecule has 1 aromatic rings. The van der Waals surface area contributed by atoms with Gasteiger partial charge in [0.2, 0.25) is 0 Å². The van der Waals surface area contributed by atoms with E-state index in [0.717, 1.165) is 11.8 Å². The van der Waals surface area contributed by atoms with Gasteiger partial charge < -0.3 is 4.74 Å². The Morgan fingerprint density at radius 1 is 1.28 bits per heavy atom. The molecule has 5 heteroatoms. The topological polar surface area (TPSA) is 43.4 Å². The first-order valence-electron chi connectivity index (χ1n) is 5.68. The molecule has 0 aliphatic heterocycles. The van der Waals surface area contributed by atoms with Crippen LogP contribution in [0.3, 0.4) is 0 Å². The standard InChI is InChI=1S/C13H15FO3S/c1-2-17-13(16)8-7-10(15)9-18-12-6-4-3-5-11(12)14/h3-6H,2,7-9H2,1H3. The Labute approximate surface area is 110 Å². The minimum Gasteiger partial charge on any atom is -0.466 e. The van der Waals surface area contributed by atoms with E-state index in [1.165, 1.54) is 6.07 Å². The minimum atomic E-state index is -0.373. The van der Waals surface area contributed by atoms with Crippen molar-refractivity contribution in [3.8, 4) is 0 Å². The van der Waals surface area contributed by atoms with Crippen LogP contribution in [0, 0.1) is 5.82 Å². The van der Waals surface area contributed by atoms with Gasteiger partial charge in [-0.05, 0) is 19.1 Å². The van der Waals surface area contributed by atoms with Gasteiger partial charge in [0.1, 0.15) is 11.6 Å². The Bertz CT molecular complexity index is 420. The number of halogens is 1. The van der Waals surface area contributed by atoms with Gasteiger partial charge in [0.05, 0.1) is 18.8 Å². The van der Waals surface area contributed by atoms with Gasteiger partial charge in [-0.2, -0.15) is 0 Å². The Morgan fingerprint density at radius 3 is 2.67 bits per heavy atom. The minimum absolute atomic E-state index is 0.0868. The average Bonchev–Trinajstić information content (AvgIpc) is 2.36. The summed E-state index contributed by atoms with van der Waals surface area (Å²) in [5, 5.41) is 0. The summed E-state index contributed by atoms with van der Waals surface area (Å²) in [7, 11) is 0. The van der Waals surface area contributed by atoms with Crippen molar-refractivity contribution in [2.24, 2.45) is 0 Å². The Kier molecular flexibility index (Phi) is 6.43. The molecule has 1 rings (SSSR count). The lowest BCUT2D eigenvalue weighted by atomic mass is 10.2. The molecule has 18 heavy (non-hydrogen) atoms. The lowest BCUT2D eigenvalue weighted by molar-refractivity contribution is -0.144. The maximum atomic E-state index is 13.2. The van der Waals surface area contributed by atoms with Crippen LogP contribution in [0.25, 0.3) is 0 Å². The lowest BCUT2D eigenvalue weighted by Crippen LogP contribution is -2.09. The summed E-state index contributed by atoms with van der Waals surface area (Å²) >= 11 is 1.14. The first-order valence-corrected chi connectivity index (χ1v) is 6.66. The summed E-state index contributed by atoms with van der Waals surface area (Å²) in [5.41, 5.74) is 0. The number of benzene rings is 1. The fraction of sp³-hybridized carbons (Fsp3) is 0.385. The molecule has 0 saturated carbocycles. The van der Waals surface area contributed by atoms with E-state index >= 15 is 0 Å². The van der Waals surface area contributed by atoms with Crippen LogP contribution in [0.1, 0.15) is 19.8 Å². The highest BCUT2D eigenvalue weighted by molar-refractivity contribution is 8.00. The molecule has 0 bridgehead atoms. The normalized spacial score (nSPS) is 10.1. The van der Waals surface area contributed by atoms with Crippen LogP contribution in [0.2, 0.25) is 0 Å². The van der Waals surface area contributed by atoms with Crippen LogP contribution in [-0.2, 0) is 14.3 Å². The predicted octanol–water partition coefficient (Wildman–Crippen LogP) is 2.83. The van der Waals surface area contributed by atoms with E-state index in [2.05, 4.69) is 0 Å². The molecule has 0 unspecified atom stereocenters. The maximum Gasteiger partial charge on any atom is 0.306 e. The number of carbonyl (C=O) groups is 2. The van der Waals surface area contributed by atoms with Gasteiger partial charge in [0.25, 0.3) is 0 Å². The van der Waals surface area contributed by atoms with Gasteiger partial charge >= 0.3 is 5.97 Å². The molecule has 0 amide bonds. The van der Waals surface area contributed by atoms with Gasteiger partial charge in [-0.25, -0.2) is 4.39 Å². The molecule has 0 N–H and O–H groups in total. The molecular weight excluding hydrogens is 255 g/mol. The number of ketones is 1. The van der Waals surface area contributed by atoms with E-state index in [1.54, 1.807) is 25.1 Å². The summed E-state index contributed by atoms with van der Waals surface area (Å²) in [4.78, 5) is 23.0. The van der Waals surface area contributed by atoms with Crippen molar-refractivity contribution < 1.29 is 18.7 Å². The van der Waals surface area contributed by atoms with Crippen LogP contribution in [-0.4, -0.2) is 24.1 Å². The lowest BCUT2D eigenvalue weighted by Gasteiger charge is -2.03. The highest BCUT2D eigenvalue weighted by atomic mass is 32.2. The van der Waals surface area contributed by atoms with Crippen LogP contribution in [0.15, 0.2) is 29.2 Å². The van der Waals surface area contributed by atoms with E-state index in [9.17, 15) is 14.0 Å². The van der Waals surface area contributed by atoms with Gasteiger partial charge in [0, 0.05) is 11.3 Å². The molecule has 0 saturated heterocycles. The summed E-state index contributed by atoms with van der Waals surface area (Å²) in [6.45, 7) is 2.03. The van der Waals surface area contributed by atoms with Gasteiger partial charge in [-0.15, -0.1) is 11.8 Å². The third kappa shape index (κ3) is 5.31. The fourth-order valence-corrected chi connectivity index (χ4v) is 2.11. The van der Waals surface area contributed by atoms with Crippen LogP contribution in [0.5, 0.6) is 0 Å². The number of ether oxygens (including phenoxy) is 1. The maximum absolute atomic E-state index is 13.2. The number of thioether (sulfide) groups is 1. The van der Waals surface area contributed by atoms with Gasteiger partial charge in [-0.1, -0.05) is 12.1 Å². The summed E-state index contributed by atoms with van der Waals surface area (Å²) in [5.74, 6) is -0.626. The van der Waals surface area contributed by atoms with Crippen molar-refractivity contribution in [2.75, 3.05) is 12.4 Å². The first kappa shape index (κ1) is 14.7. The zero-order chi connectivity index (χ0) is 13.4. The predicted molar refractivity (Wildman–Crippen MR) is 68.0 cm³/mol. The number of hydrogen-bond acceptors (Lipinski definition) is 4. The zero-order valence-corrected chi connectivity index (χ0v) is 11.0. The van der Waals surface area contributed by atoms with Crippen molar-refractivity contribution in [1.82, 2.24) is 0 Å². The number of rotatable bonds is 7. The molecule has 98 valence electrons. The smallest absolute Gasteiger partial charge is 0.306 e. The third-order valence-corrected chi connectivity index (χ3v) is 3.25. The van der Waals surface area contributed by atoms with Crippen molar-refractivity contribution in [1.29, 1.82) is 0 Å². The molecule has 0 spiro atoms. The molecule has 0 atom stereocenters. The monoisotopic (exact) mass is 270 g/mol. The Hall–Kier alpha value is -1.36. The highest BCUT2D eigenvalue weighted by Crippen LogP contribution is 2.21. The Balaban J connectivity index is 2.29. The third-order valence-electron chi connectivity index (χ3n) is 2.14. The average molecular weight is 270 g/mol. The number of Topliss-reactive ketones (excluding diaryl/α,β-unsaturated/α-hetero) is 1. The first-order chi connectivity index (χ1) is 8.63. The van der Waals surface area contributed by atoms with Crippen LogP contribution < -0.4 is 0 Å².